The van der Waals surface area contributed by atoms with E-state index in [1.165, 1.54) is 0 Å². The highest BCUT2D eigenvalue weighted by molar-refractivity contribution is 4.71. The molecule has 74 valence electrons. The van der Waals surface area contributed by atoms with Crippen LogP contribution >= 0.6 is 0 Å². The number of aliphatic hydroxyl groups is 4. The Labute approximate surface area is 71.7 Å². The Balaban J connectivity index is 3.62. The smallest absolute Gasteiger partial charge is 0.0923 e. The zero-order valence-corrected chi connectivity index (χ0v) is 7.14. The molecule has 0 aromatic carbocycles. The van der Waals surface area contributed by atoms with Crippen molar-refractivity contribution in [2.45, 2.75) is 24.7 Å². The van der Waals surface area contributed by atoms with Crippen LogP contribution in [0, 0.1) is 0 Å². The molecular formula is C7H17NO4. The number of likely N-dealkylation sites (N-methyl/N-ethyl adjacent to an activating group) is 1. The first kappa shape index (κ1) is 11.8. The summed E-state index contributed by atoms with van der Waals surface area (Å²) in [4.78, 5) is 0. The van der Waals surface area contributed by atoms with Gasteiger partial charge in [-0.25, -0.2) is 0 Å². The van der Waals surface area contributed by atoms with Crippen LogP contribution in [0.1, 0.15) is 6.42 Å². The molecule has 0 aromatic rings. The summed E-state index contributed by atoms with van der Waals surface area (Å²) in [6.45, 7) is -0.136. The van der Waals surface area contributed by atoms with Gasteiger partial charge in [-0.3, -0.25) is 0 Å². The van der Waals surface area contributed by atoms with Gasteiger partial charge in [-0.15, -0.1) is 0 Å². The van der Waals surface area contributed by atoms with Crippen molar-refractivity contribution in [3.05, 3.63) is 0 Å². The summed E-state index contributed by atoms with van der Waals surface area (Å²) in [6.07, 6.45) is -2.89. The molecule has 0 bridgehead atoms. The lowest BCUT2D eigenvalue weighted by atomic mass is 10.1. The summed E-state index contributed by atoms with van der Waals surface area (Å²) in [5.74, 6) is 0. The third-order valence-corrected chi connectivity index (χ3v) is 1.58. The Bertz CT molecular complexity index is 112. The van der Waals surface area contributed by atoms with Gasteiger partial charge in [0.1, 0.15) is 0 Å². The Morgan fingerprint density at radius 3 is 2.17 bits per heavy atom. The molecule has 3 unspecified atom stereocenters. The van der Waals surface area contributed by atoms with Crippen molar-refractivity contribution in [3.63, 3.8) is 0 Å². The molecule has 5 heteroatoms. The molecule has 0 aliphatic rings. The van der Waals surface area contributed by atoms with E-state index < -0.39 is 24.9 Å². The fraction of sp³-hybridized carbons (Fsp3) is 1.00. The van der Waals surface area contributed by atoms with Gasteiger partial charge in [0.05, 0.1) is 24.9 Å². The molecule has 0 fully saturated rings. The Kier molecular flexibility index (Phi) is 6.23. The van der Waals surface area contributed by atoms with Gasteiger partial charge in [0.25, 0.3) is 0 Å². The summed E-state index contributed by atoms with van der Waals surface area (Å²) in [5.41, 5.74) is 0. The van der Waals surface area contributed by atoms with Crippen molar-refractivity contribution >= 4 is 0 Å². The summed E-state index contributed by atoms with van der Waals surface area (Å²) in [7, 11) is 1.65. The van der Waals surface area contributed by atoms with Crippen LogP contribution in [0.15, 0.2) is 0 Å². The minimum Gasteiger partial charge on any atom is -0.394 e. The van der Waals surface area contributed by atoms with Gasteiger partial charge in [0, 0.05) is 13.0 Å². The highest BCUT2D eigenvalue weighted by Gasteiger charge is 2.18. The maximum atomic E-state index is 9.19. The quantitative estimate of drug-likeness (QED) is 0.315. The second-order valence-electron chi connectivity index (χ2n) is 2.76. The number of nitrogens with one attached hydrogen (secondary N) is 1. The first-order valence-corrected chi connectivity index (χ1v) is 3.91. The number of aliphatic hydroxyl groups excluding tert-OH is 4. The molecule has 0 radical (unpaired) electrons. The molecule has 5 nitrogen and oxygen atoms in total. The minimum atomic E-state index is -1.00. The normalized spacial score (nSPS) is 18.8. The van der Waals surface area contributed by atoms with Gasteiger partial charge in [0.2, 0.25) is 0 Å². The topological polar surface area (TPSA) is 93.0 Å². The van der Waals surface area contributed by atoms with E-state index >= 15 is 0 Å². The van der Waals surface area contributed by atoms with Crippen LogP contribution in [0.4, 0.5) is 0 Å². The average Bonchev–Trinajstić information content (AvgIpc) is 2.04. The average molecular weight is 179 g/mol. The first-order valence-electron chi connectivity index (χ1n) is 3.91. The molecular weight excluding hydrogens is 162 g/mol. The van der Waals surface area contributed by atoms with Gasteiger partial charge in [0.15, 0.2) is 0 Å². The lowest BCUT2D eigenvalue weighted by Gasteiger charge is -2.19. The van der Waals surface area contributed by atoms with Gasteiger partial charge in [-0.05, 0) is 7.05 Å². The highest BCUT2D eigenvalue weighted by atomic mass is 16.3. The van der Waals surface area contributed by atoms with E-state index in [1.54, 1.807) is 7.05 Å². The maximum Gasteiger partial charge on any atom is 0.0923 e. The Morgan fingerprint density at radius 1 is 1.17 bits per heavy atom. The molecule has 0 rings (SSSR count). The van der Waals surface area contributed by atoms with Gasteiger partial charge in [-0.1, -0.05) is 0 Å². The molecule has 0 aliphatic heterocycles. The molecule has 0 heterocycles. The first-order chi connectivity index (χ1) is 5.61. The zero-order chi connectivity index (χ0) is 9.56. The van der Waals surface area contributed by atoms with E-state index in [0.29, 0.717) is 0 Å². The molecule has 12 heavy (non-hydrogen) atoms. The monoisotopic (exact) mass is 179 g/mol. The van der Waals surface area contributed by atoms with Crippen LogP contribution in [0.3, 0.4) is 0 Å². The van der Waals surface area contributed by atoms with Crippen LogP contribution in [0.25, 0.3) is 0 Å². The highest BCUT2D eigenvalue weighted by Crippen LogP contribution is 2.02. The third kappa shape index (κ3) is 4.63. The summed E-state index contributed by atoms with van der Waals surface area (Å²) in [6, 6.07) is 0. The Hall–Kier alpha value is -0.200. The number of rotatable bonds is 6. The molecule has 0 aliphatic carbocycles. The second kappa shape index (κ2) is 6.33. The third-order valence-electron chi connectivity index (χ3n) is 1.58. The van der Waals surface area contributed by atoms with Gasteiger partial charge >= 0.3 is 0 Å². The molecule has 0 aromatic heterocycles. The van der Waals surface area contributed by atoms with Gasteiger partial charge in [-0.2, -0.15) is 0 Å². The standard InChI is InChI=1S/C7H17NO4/c1-8-3-7(12)6(11)2-5(10)4-9/h5-12H,2-4H2,1H3. The molecule has 0 amide bonds. The molecule has 0 saturated heterocycles. The van der Waals surface area contributed by atoms with E-state index in [2.05, 4.69) is 5.32 Å². The van der Waals surface area contributed by atoms with E-state index in [1.807, 2.05) is 0 Å². The number of hydrogen-bond acceptors (Lipinski definition) is 5. The molecule has 0 spiro atoms. The van der Waals surface area contributed by atoms with Crippen molar-refractivity contribution in [2.24, 2.45) is 0 Å². The second-order valence-corrected chi connectivity index (χ2v) is 2.76. The van der Waals surface area contributed by atoms with Crippen LogP contribution in [0.2, 0.25) is 0 Å². The number of hydrogen-bond donors (Lipinski definition) is 5. The van der Waals surface area contributed by atoms with Crippen LogP contribution in [-0.2, 0) is 0 Å². The van der Waals surface area contributed by atoms with Crippen LogP contribution < -0.4 is 5.32 Å². The van der Waals surface area contributed by atoms with E-state index in [4.69, 9.17) is 15.3 Å². The largest absolute Gasteiger partial charge is 0.394 e. The van der Waals surface area contributed by atoms with Crippen molar-refractivity contribution < 1.29 is 20.4 Å². The van der Waals surface area contributed by atoms with E-state index in [0.717, 1.165) is 0 Å². The fourth-order valence-corrected chi connectivity index (χ4v) is 0.856. The maximum absolute atomic E-state index is 9.19. The van der Waals surface area contributed by atoms with Crippen molar-refractivity contribution in [2.75, 3.05) is 20.2 Å². The molecule has 3 atom stereocenters. The van der Waals surface area contributed by atoms with Crippen molar-refractivity contribution in [3.8, 4) is 0 Å². The van der Waals surface area contributed by atoms with Crippen LogP contribution in [-0.4, -0.2) is 58.9 Å². The predicted molar refractivity (Wildman–Crippen MR) is 43.6 cm³/mol. The SMILES string of the molecule is CNCC(O)C(O)CC(O)CO. The van der Waals surface area contributed by atoms with E-state index in [9.17, 15) is 5.11 Å². The predicted octanol–water partition coefficient (Wildman–Crippen LogP) is -2.33. The molecule has 5 N–H and O–H groups in total. The van der Waals surface area contributed by atoms with Gasteiger partial charge < -0.3 is 25.7 Å². The van der Waals surface area contributed by atoms with Crippen molar-refractivity contribution in [1.29, 1.82) is 0 Å². The summed E-state index contributed by atoms with van der Waals surface area (Å²) in [5, 5.41) is 38.4. The van der Waals surface area contributed by atoms with Crippen molar-refractivity contribution in [1.82, 2.24) is 5.32 Å². The van der Waals surface area contributed by atoms with E-state index in [-0.39, 0.29) is 13.0 Å². The van der Waals surface area contributed by atoms with Crippen LogP contribution in [0.5, 0.6) is 0 Å². The Morgan fingerprint density at radius 2 is 1.75 bits per heavy atom. The molecule has 0 saturated carbocycles. The minimum absolute atomic E-state index is 0.0145. The lowest BCUT2D eigenvalue weighted by molar-refractivity contribution is -0.0217. The summed E-state index contributed by atoms with van der Waals surface area (Å²) < 4.78 is 0. The summed E-state index contributed by atoms with van der Waals surface area (Å²) >= 11 is 0. The fourth-order valence-electron chi connectivity index (χ4n) is 0.856. The zero-order valence-electron chi connectivity index (χ0n) is 7.14. The lowest BCUT2D eigenvalue weighted by Crippen LogP contribution is -2.37.